The number of carboxylic acids is 1. The van der Waals surface area contributed by atoms with Crippen molar-refractivity contribution < 1.29 is 18.5 Å². The molecule has 5 heteroatoms. The summed E-state index contributed by atoms with van der Waals surface area (Å²) in [6.45, 7) is 0. The van der Waals surface area contributed by atoms with Crippen molar-refractivity contribution in [1.82, 2.24) is 0 Å². The lowest BCUT2D eigenvalue weighted by molar-refractivity contribution is 0.0696. The molecule has 0 aliphatic heterocycles. The van der Waals surface area contributed by atoms with Crippen molar-refractivity contribution in [2.75, 3.05) is 0 Å². The zero-order chi connectivity index (χ0) is 13.8. The molecule has 98 valence electrons. The Kier molecular flexibility index (Phi) is 4.06. The molecule has 0 aromatic heterocycles. The number of aromatic carboxylic acids is 1. The second-order valence-corrected chi connectivity index (χ2v) is 5.35. The number of carbonyl (C=O) groups is 1. The summed E-state index contributed by atoms with van der Waals surface area (Å²) in [4.78, 5) is 10.7. The normalized spacial score (nSPS) is 12.1. The summed E-state index contributed by atoms with van der Waals surface area (Å²) in [6, 6.07) is 12.3. The SMILES string of the molecule is O=C(O)c1ccc(F)c(S(=O)Cc2ccccc2)c1. The fourth-order valence-electron chi connectivity index (χ4n) is 1.61. The van der Waals surface area contributed by atoms with Crippen LogP contribution < -0.4 is 0 Å². The highest BCUT2D eigenvalue weighted by Crippen LogP contribution is 2.18. The number of hydrogen-bond acceptors (Lipinski definition) is 2. The van der Waals surface area contributed by atoms with Crippen molar-refractivity contribution in [3.63, 3.8) is 0 Å². The van der Waals surface area contributed by atoms with Gasteiger partial charge in [0.1, 0.15) is 5.82 Å². The van der Waals surface area contributed by atoms with Gasteiger partial charge >= 0.3 is 5.97 Å². The molecule has 0 saturated heterocycles. The lowest BCUT2D eigenvalue weighted by atomic mass is 10.2. The molecule has 1 atom stereocenters. The average molecular weight is 278 g/mol. The Morgan fingerprint density at radius 1 is 1.16 bits per heavy atom. The van der Waals surface area contributed by atoms with Gasteiger partial charge in [0.15, 0.2) is 0 Å². The minimum Gasteiger partial charge on any atom is -0.478 e. The zero-order valence-electron chi connectivity index (χ0n) is 9.88. The van der Waals surface area contributed by atoms with Gasteiger partial charge in [0.25, 0.3) is 0 Å². The van der Waals surface area contributed by atoms with E-state index < -0.39 is 22.6 Å². The van der Waals surface area contributed by atoms with Gasteiger partial charge in [-0.3, -0.25) is 4.21 Å². The lowest BCUT2D eigenvalue weighted by Crippen LogP contribution is -2.03. The summed E-state index contributed by atoms with van der Waals surface area (Å²) < 4.78 is 25.7. The van der Waals surface area contributed by atoms with Gasteiger partial charge in [-0.05, 0) is 23.8 Å². The Hall–Kier alpha value is -2.01. The van der Waals surface area contributed by atoms with E-state index in [4.69, 9.17) is 5.11 Å². The first kappa shape index (κ1) is 13.4. The van der Waals surface area contributed by atoms with Gasteiger partial charge in [-0.15, -0.1) is 0 Å². The van der Waals surface area contributed by atoms with Gasteiger partial charge in [0.05, 0.1) is 27.0 Å². The van der Waals surface area contributed by atoms with E-state index in [1.54, 1.807) is 24.3 Å². The van der Waals surface area contributed by atoms with E-state index in [0.29, 0.717) is 0 Å². The Balaban J connectivity index is 2.28. The quantitative estimate of drug-likeness (QED) is 0.935. The Labute approximate surface area is 112 Å². The molecule has 0 radical (unpaired) electrons. The largest absolute Gasteiger partial charge is 0.478 e. The number of benzene rings is 2. The second-order valence-electron chi connectivity index (χ2n) is 3.93. The number of halogens is 1. The Morgan fingerprint density at radius 3 is 2.47 bits per heavy atom. The zero-order valence-corrected chi connectivity index (χ0v) is 10.7. The molecule has 1 unspecified atom stereocenters. The number of hydrogen-bond donors (Lipinski definition) is 1. The number of rotatable bonds is 4. The predicted molar refractivity (Wildman–Crippen MR) is 69.9 cm³/mol. The predicted octanol–water partition coefficient (Wildman–Crippen LogP) is 2.83. The van der Waals surface area contributed by atoms with Crippen molar-refractivity contribution in [1.29, 1.82) is 0 Å². The molecule has 0 fully saturated rings. The van der Waals surface area contributed by atoms with Crippen LogP contribution in [-0.2, 0) is 16.6 Å². The molecule has 0 amide bonds. The maximum atomic E-state index is 13.6. The molecule has 0 aliphatic carbocycles. The van der Waals surface area contributed by atoms with Crippen LogP contribution in [0.4, 0.5) is 4.39 Å². The molecule has 19 heavy (non-hydrogen) atoms. The van der Waals surface area contributed by atoms with Crippen LogP contribution in [-0.4, -0.2) is 15.3 Å². The van der Waals surface area contributed by atoms with Crippen LogP contribution in [0.25, 0.3) is 0 Å². The van der Waals surface area contributed by atoms with Crippen LogP contribution in [0.2, 0.25) is 0 Å². The third-order valence-corrected chi connectivity index (χ3v) is 3.96. The summed E-state index contributed by atoms with van der Waals surface area (Å²) in [7, 11) is -1.61. The maximum absolute atomic E-state index is 13.6. The average Bonchev–Trinajstić information content (AvgIpc) is 2.40. The second kappa shape index (κ2) is 5.75. The molecule has 0 heterocycles. The van der Waals surface area contributed by atoms with E-state index >= 15 is 0 Å². The van der Waals surface area contributed by atoms with Crippen molar-refractivity contribution in [3.05, 3.63) is 65.5 Å². The van der Waals surface area contributed by atoms with Gasteiger partial charge in [0.2, 0.25) is 0 Å². The molecule has 1 N–H and O–H groups in total. The molecular weight excluding hydrogens is 267 g/mol. The fourth-order valence-corrected chi connectivity index (χ4v) is 2.81. The van der Waals surface area contributed by atoms with Crippen LogP contribution in [0.5, 0.6) is 0 Å². The van der Waals surface area contributed by atoms with Gasteiger partial charge in [-0.1, -0.05) is 30.3 Å². The number of carboxylic acid groups (broad SMARTS) is 1. The highest BCUT2D eigenvalue weighted by atomic mass is 32.2. The molecular formula is C14H11FO3S. The van der Waals surface area contributed by atoms with Crippen molar-refractivity contribution in [2.45, 2.75) is 10.6 Å². The lowest BCUT2D eigenvalue weighted by Gasteiger charge is -2.05. The molecule has 2 aromatic rings. The topological polar surface area (TPSA) is 54.4 Å². The monoisotopic (exact) mass is 278 g/mol. The van der Waals surface area contributed by atoms with E-state index in [9.17, 15) is 13.4 Å². The van der Waals surface area contributed by atoms with E-state index in [0.717, 1.165) is 23.8 Å². The highest BCUT2D eigenvalue weighted by molar-refractivity contribution is 7.84. The smallest absolute Gasteiger partial charge is 0.335 e. The van der Waals surface area contributed by atoms with Crippen LogP contribution in [0.15, 0.2) is 53.4 Å². The fraction of sp³-hybridized carbons (Fsp3) is 0.0714. The van der Waals surface area contributed by atoms with E-state index in [1.165, 1.54) is 0 Å². The van der Waals surface area contributed by atoms with Crippen molar-refractivity contribution in [2.24, 2.45) is 0 Å². The summed E-state index contributed by atoms with van der Waals surface area (Å²) in [5.74, 6) is -1.67. The van der Waals surface area contributed by atoms with E-state index in [1.807, 2.05) is 6.07 Å². The van der Waals surface area contributed by atoms with Crippen LogP contribution in [0.1, 0.15) is 15.9 Å². The first-order valence-corrected chi connectivity index (χ1v) is 6.85. The molecule has 2 aromatic carbocycles. The molecule has 0 saturated carbocycles. The molecule has 3 nitrogen and oxygen atoms in total. The first-order valence-electron chi connectivity index (χ1n) is 5.53. The van der Waals surface area contributed by atoms with E-state index in [-0.39, 0.29) is 16.2 Å². The van der Waals surface area contributed by atoms with Gasteiger partial charge < -0.3 is 5.11 Å². The minimum absolute atomic E-state index is 0.0715. The Morgan fingerprint density at radius 2 is 1.84 bits per heavy atom. The van der Waals surface area contributed by atoms with Gasteiger partial charge in [-0.2, -0.15) is 0 Å². The standard InChI is InChI=1S/C14H11FO3S/c15-12-7-6-11(14(16)17)8-13(12)19(18)9-10-4-2-1-3-5-10/h1-8H,9H2,(H,16,17). The van der Waals surface area contributed by atoms with E-state index in [2.05, 4.69) is 0 Å². The molecule has 0 bridgehead atoms. The maximum Gasteiger partial charge on any atom is 0.335 e. The van der Waals surface area contributed by atoms with Gasteiger partial charge in [0, 0.05) is 0 Å². The third kappa shape index (κ3) is 3.26. The van der Waals surface area contributed by atoms with Crippen molar-refractivity contribution >= 4 is 16.8 Å². The van der Waals surface area contributed by atoms with Gasteiger partial charge in [-0.25, -0.2) is 9.18 Å². The van der Waals surface area contributed by atoms with Crippen LogP contribution in [0.3, 0.4) is 0 Å². The van der Waals surface area contributed by atoms with Crippen molar-refractivity contribution in [3.8, 4) is 0 Å². The van der Waals surface area contributed by atoms with Crippen LogP contribution >= 0.6 is 0 Å². The molecule has 0 aliphatic rings. The molecule has 0 spiro atoms. The summed E-state index contributed by atoms with van der Waals surface area (Å²) in [5, 5.41) is 8.85. The first-order chi connectivity index (χ1) is 9.08. The Bertz CT molecular complexity index is 626. The minimum atomic E-state index is -1.61. The summed E-state index contributed by atoms with van der Waals surface area (Å²) >= 11 is 0. The summed E-state index contributed by atoms with van der Waals surface area (Å²) in [5.41, 5.74) is 0.735. The highest BCUT2D eigenvalue weighted by Gasteiger charge is 2.14. The summed E-state index contributed by atoms with van der Waals surface area (Å²) in [6.07, 6.45) is 0. The molecule has 2 rings (SSSR count). The third-order valence-electron chi connectivity index (χ3n) is 2.56. The van der Waals surface area contributed by atoms with Crippen LogP contribution in [0, 0.1) is 5.82 Å².